The van der Waals surface area contributed by atoms with Crippen molar-refractivity contribution >= 4 is 56.5 Å². The molecule has 98 valence electrons. The molecule has 0 aliphatic carbocycles. The molecule has 0 saturated carbocycles. The SMILES string of the molecule is NC(=S)c1cn[nH]c1NC(=O)c1ccc(Br)c(Cl)c1. The van der Waals surface area contributed by atoms with Crippen LogP contribution < -0.4 is 11.1 Å². The van der Waals surface area contributed by atoms with Crippen molar-refractivity contribution in [2.45, 2.75) is 0 Å². The molecule has 0 spiro atoms. The van der Waals surface area contributed by atoms with Gasteiger partial charge in [-0.05, 0) is 34.1 Å². The predicted molar refractivity (Wildman–Crippen MR) is 81.6 cm³/mol. The van der Waals surface area contributed by atoms with Crippen LogP contribution in [0.4, 0.5) is 5.82 Å². The van der Waals surface area contributed by atoms with E-state index in [1.165, 1.54) is 6.20 Å². The topological polar surface area (TPSA) is 83.8 Å². The summed E-state index contributed by atoms with van der Waals surface area (Å²) < 4.78 is 0.719. The Hall–Kier alpha value is -1.44. The van der Waals surface area contributed by atoms with Crippen LogP contribution in [0.15, 0.2) is 28.9 Å². The first-order valence-corrected chi connectivity index (χ1v) is 6.66. The number of carbonyl (C=O) groups is 1. The lowest BCUT2D eigenvalue weighted by Crippen LogP contribution is -2.17. The molecule has 5 nitrogen and oxygen atoms in total. The van der Waals surface area contributed by atoms with Gasteiger partial charge in [-0.3, -0.25) is 9.89 Å². The van der Waals surface area contributed by atoms with E-state index in [0.29, 0.717) is 22.0 Å². The molecule has 0 radical (unpaired) electrons. The number of carbonyl (C=O) groups excluding carboxylic acids is 1. The van der Waals surface area contributed by atoms with Crippen LogP contribution in [-0.4, -0.2) is 21.1 Å². The van der Waals surface area contributed by atoms with E-state index in [-0.39, 0.29) is 10.9 Å². The van der Waals surface area contributed by atoms with Crippen LogP contribution in [0.2, 0.25) is 5.02 Å². The quantitative estimate of drug-likeness (QED) is 0.736. The molecule has 0 aliphatic heterocycles. The number of hydrogen-bond acceptors (Lipinski definition) is 3. The Balaban J connectivity index is 2.23. The molecular formula is C11H8BrClN4OS. The summed E-state index contributed by atoms with van der Waals surface area (Å²) in [4.78, 5) is 12.2. The largest absolute Gasteiger partial charge is 0.389 e. The van der Waals surface area contributed by atoms with E-state index < -0.39 is 0 Å². The van der Waals surface area contributed by atoms with E-state index in [1.54, 1.807) is 18.2 Å². The summed E-state index contributed by atoms with van der Waals surface area (Å²) in [6.07, 6.45) is 1.45. The van der Waals surface area contributed by atoms with Crippen LogP contribution in [0.3, 0.4) is 0 Å². The molecule has 8 heteroatoms. The van der Waals surface area contributed by atoms with Gasteiger partial charge < -0.3 is 11.1 Å². The lowest BCUT2D eigenvalue weighted by molar-refractivity contribution is 0.102. The third-order valence-corrected chi connectivity index (χ3v) is 3.78. The first-order chi connectivity index (χ1) is 8.99. The number of aromatic nitrogens is 2. The minimum Gasteiger partial charge on any atom is -0.389 e. The zero-order valence-corrected chi connectivity index (χ0v) is 12.6. The summed E-state index contributed by atoms with van der Waals surface area (Å²) in [6, 6.07) is 4.89. The normalized spacial score (nSPS) is 10.2. The number of nitrogens with two attached hydrogens (primary N) is 1. The first-order valence-electron chi connectivity index (χ1n) is 5.08. The molecule has 1 aromatic heterocycles. The molecule has 0 atom stereocenters. The molecule has 0 bridgehead atoms. The van der Waals surface area contributed by atoms with Crippen molar-refractivity contribution in [3.8, 4) is 0 Å². The van der Waals surface area contributed by atoms with Gasteiger partial charge in [0.1, 0.15) is 10.8 Å². The third kappa shape index (κ3) is 3.12. The van der Waals surface area contributed by atoms with Gasteiger partial charge in [0, 0.05) is 10.0 Å². The Bertz CT molecular complexity index is 658. The molecule has 0 saturated heterocycles. The molecule has 0 aliphatic rings. The van der Waals surface area contributed by atoms with E-state index in [0.717, 1.165) is 4.47 Å². The van der Waals surface area contributed by atoms with Crippen LogP contribution in [-0.2, 0) is 0 Å². The van der Waals surface area contributed by atoms with Crippen LogP contribution in [0.5, 0.6) is 0 Å². The molecule has 1 amide bonds. The minimum atomic E-state index is -0.337. The van der Waals surface area contributed by atoms with E-state index >= 15 is 0 Å². The number of hydrogen-bond donors (Lipinski definition) is 3. The standard InChI is InChI=1S/C11H8BrClN4OS/c12-7-2-1-5(3-8(7)13)11(18)16-10-6(9(14)19)4-15-17-10/h1-4H,(H2,14,19)(H2,15,16,17,18). The van der Waals surface area contributed by atoms with Gasteiger partial charge in [0.05, 0.1) is 16.8 Å². The van der Waals surface area contributed by atoms with Crippen molar-refractivity contribution in [1.82, 2.24) is 10.2 Å². The van der Waals surface area contributed by atoms with Gasteiger partial charge in [0.25, 0.3) is 5.91 Å². The average Bonchev–Trinajstić information content (AvgIpc) is 2.80. The average molecular weight is 360 g/mol. The van der Waals surface area contributed by atoms with E-state index in [1.807, 2.05) is 0 Å². The lowest BCUT2D eigenvalue weighted by atomic mass is 10.2. The molecule has 2 rings (SSSR count). The number of nitrogens with one attached hydrogen (secondary N) is 2. The van der Waals surface area contributed by atoms with Gasteiger partial charge in [0.15, 0.2) is 0 Å². The van der Waals surface area contributed by atoms with Crippen LogP contribution in [0.1, 0.15) is 15.9 Å². The van der Waals surface area contributed by atoms with Gasteiger partial charge >= 0.3 is 0 Å². The van der Waals surface area contributed by atoms with Crippen molar-refractivity contribution in [2.75, 3.05) is 5.32 Å². The zero-order valence-electron chi connectivity index (χ0n) is 9.41. The highest BCUT2D eigenvalue weighted by Crippen LogP contribution is 2.23. The molecule has 0 fully saturated rings. The highest BCUT2D eigenvalue weighted by atomic mass is 79.9. The molecule has 1 heterocycles. The summed E-state index contributed by atoms with van der Waals surface area (Å²) >= 11 is 14.0. The van der Waals surface area contributed by atoms with E-state index in [9.17, 15) is 4.79 Å². The van der Waals surface area contributed by atoms with Crippen molar-refractivity contribution in [1.29, 1.82) is 0 Å². The number of halogens is 2. The number of rotatable bonds is 3. The fourth-order valence-electron chi connectivity index (χ4n) is 1.39. The summed E-state index contributed by atoms with van der Waals surface area (Å²) in [7, 11) is 0. The Morgan fingerprint density at radius 2 is 2.26 bits per heavy atom. The second-order valence-corrected chi connectivity index (χ2v) is 5.31. The number of amides is 1. The molecule has 1 aromatic carbocycles. The smallest absolute Gasteiger partial charge is 0.256 e. The van der Waals surface area contributed by atoms with Crippen LogP contribution in [0.25, 0.3) is 0 Å². The highest BCUT2D eigenvalue weighted by Gasteiger charge is 2.13. The number of aromatic amines is 1. The molecule has 2 aromatic rings. The summed E-state index contributed by atoms with van der Waals surface area (Å²) in [5, 5.41) is 9.49. The summed E-state index contributed by atoms with van der Waals surface area (Å²) in [6.45, 7) is 0. The monoisotopic (exact) mass is 358 g/mol. The number of H-pyrrole nitrogens is 1. The second kappa shape index (κ2) is 5.68. The van der Waals surface area contributed by atoms with E-state index in [2.05, 4.69) is 31.4 Å². The van der Waals surface area contributed by atoms with Gasteiger partial charge in [-0.2, -0.15) is 5.10 Å². The Kier molecular flexibility index (Phi) is 4.18. The van der Waals surface area contributed by atoms with Gasteiger partial charge in [-0.15, -0.1) is 0 Å². The summed E-state index contributed by atoms with van der Waals surface area (Å²) in [5.41, 5.74) is 6.40. The maximum absolute atomic E-state index is 12.0. The fraction of sp³-hybridized carbons (Fsp3) is 0. The van der Waals surface area contributed by atoms with Gasteiger partial charge in [-0.25, -0.2) is 0 Å². The minimum absolute atomic E-state index is 0.151. The number of nitrogens with zero attached hydrogens (tertiary/aromatic N) is 1. The van der Waals surface area contributed by atoms with Crippen molar-refractivity contribution in [3.63, 3.8) is 0 Å². The van der Waals surface area contributed by atoms with Gasteiger partial charge in [-0.1, -0.05) is 23.8 Å². The van der Waals surface area contributed by atoms with Gasteiger partial charge in [0.2, 0.25) is 0 Å². The Morgan fingerprint density at radius 3 is 2.89 bits per heavy atom. The predicted octanol–water partition coefficient (Wildman–Crippen LogP) is 2.71. The fourth-order valence-corrected chi connectivity index (χ4v) is 1.97. The number of thiocarbonyl (C=S) groups is 1. The second-order valence-electron chi connectivity index (χ2n) is 3.61. The zero-order chi connectivity index (χ0) is 14.0. The Morgan fingerprint density at radius 1 is 1.53 bits per heavy atom. The molecular weight excluding hydrogens is 352 g/mol. The lowest BCUT2D eigenvalue weighted by Gasteiger charge is -2.06. The Labute approximate surface area is 127 Å². The molecule has 4 N–H and O–H groups in total. The molecule has 0 unspecified atom stereocenters. The van der Waals surface area contributed by atoms with Crippen molar-refractivity contribution < 1.29 is 4.79 Å². The third-order valence-electron chi connectivity index (χ3n) is 2.33. The highest BCUT2D eigenvalue weighted by molar-refractivity contribution is 9.10. The van der Waals surface area contributed by atoms with Crippen LogP contribution in [0, 0.1) is 0 Å². The maximum atomic E-state index is 12.0. The number of benzene rings is 1. The maximum Gasteiger partial charge on any atom is 0.256 e. The first kappa shape index (κ1) is 14.0. The van der Waals surface area contributed by atoms with Crippen LogP contribution >= 0.6 is 39.7 Å². The summed E-state index contributed by atoms with van der Waals surface area (Å²) in [5.74, 6) is 0.0210. The van der Waals surface area contributed by atoms with Crippen molar-refractivity contribution in [3.05, 3.63) is 45.0 Å². The number of anilines is 1. The van der Waals surface area contributed by atoms with E-state index in [4.69, 9.17) is 29.6 Å². The van der Waals surface area contributed by atoms with Crippen molar-refractivity contribution in [2.24, 2.45) is 5.73 Å². The molecule has 19 heavy (non-hydrogen) atoms.